The van der Waals surface area contributed by atoms with E-state index < -0.39 is 18.1 Å². The van der Waals surface area contributed by atoms with Gasteiger partial charge in [-0.1, -0.05) is 37.0 Å². The van der Waals surface area contributed by atoms with Gasteiger partial charge in [0.2, 0.25) is 0 Å². The maximum atomic E-state index is 11.6. The van der Waals surface area contributed by atoms with Gasteiger partial charge in [-0.25, -0.2) is 14.6 Å². The Kier molecular flexibility index (Phi) is 7.47. The van der Waals surface area contributed by atoms with Gasteiger partial charge in [-0.2, -0.15) is 0 Å². The standard InChI is InChI=1S/C18H20Cl2N2O4S/c1-10(2)7-15(17(23)24)22(18(25)26)6-5-12-9-27-16(21-12)13-4-3-11(19)8-14(13)20/h3-4,8-10,15H,5-7H2,1-2H3,(H,23,24)(H,25,26). The third-order valence-electron chi connectivity index (χ3n) is 3.92. The Morgan fingerprint density at radius 3 is 2.52 bits per heavy atom. The van der Waals surface area contributed by atoms with E-state index in [2.05, 4.69) is 4.98 Å². The van der Waals surface area contributed by atoms with Gasteiger partial charge >= 0.3 is 12.1 Å². The monoisotopic (exact) mass is 430 g/mol. The summed E-state index contributed by atoms with van der Waals surface area (Å²) in [5, 5.41) is 22.4. The van der Waals surface area contributed by atoms with Crippen molar-refractivity contribution in [3.8, 4) is 10.6 Å². The SMILES string of the molecule is CC(C)CC(C(=O)O)N(CCc1csc(-c2ccc(Cl)cc2Cl)n1)C(=O)O. The largest absolute Gasteiger partial charge is 0.480 e. The first kappa shape index (κ1) is 21.5. The molecule has 9 heteroatoms. The lowest BCUT2D eigenvalue weighted by molar-refractivity contribution is -0.143. The van der Waals surface area contributed by atoms with Crippen LogP contribution in [0, 0.1) is 5.92 Å². The molecule has 0 saturated carbocycles. The second-order valence-corrected chi connectivity index (χ2v) is 8.18. The molecule has 2 rings (SSSR count). The molecule has 27 heavy (non-hydrogen) atoms. The van der Waals surface area contributed by atoms with Crippen molar-refractivity contribution in [2.45, 2.75) is 32.7 Å². The Morgan fingerprint density at radius 1 is 1.26 bits per heavy atom. The molecular weight excluding hydrogens is 411 g/mol. The summed E-state index contributed by atoms with van der Waals surface area (Å²) in [4.78, 5) is 28.5. The molecule has 1 amide bonds. The molecule has 0 spiro atoms. The van der Waals surface area contributed by atoms with Crippen LogP contribution >= 0.6 is 34.5 Å². The van der Waals surface area contributed by atoms with Crippen LogP contribution in [0.15, 0.2) is 23.6 Å². The second-order valence-electron chi connectivity index (χ2n) is 6.48. The van der Waals surface area contributed by atoms with Crippen molar-refractivity contribution in [1.29, 1.82) is 0 Å². The number of nitrogens with zero attached hydrogens (tertiary/aromatic N) is 2. The number of carbonyl (C=O) groups is 2. The summed E-state index contributed by atoms with van der Waals surface area (Å²) in [6.07, 6.45) is -0.681. The predicted molar refractivity (Wildman–Crippen MR) is 107 cm³/mol. The van der Waals surface area contributed by atoms with E-state index in [4.69, 9.17) is 23.2 Å². The van der Waals surface area contributed by atoms with Gasteiger partial charge in [0.15, 0.2) is 0 Å². The molecule has 1 unspecified atom stereocenters. The molecule has 2 aromatic rings. The van der Waals surface area contributed by atoms with Crippen LogP contribution in [-0.2, 0) is 11.2 Å². The van der Waals surface area contributed by atoms with Crippen molar-refractivity contribution >= 4 is 46.6 Å². The lowest BCUT2D eigenvalue weighted by atomic mass is 10.0. The van der Waals surface area contributed by atoms with Gasteiger partial charge in [0.25, 0.3) is 0 Å². The van der Waals surface area contributed by atoms with Crippen LogP contribution in [-0.4, -0.2) is 44.7 Å². The van der Waals surface area contributed by atoms with Gasteiger partial charge in [0.1, 0.15) is 11.0 Å². The Balaban J connectivity index is 2.13. The van der Waals surface area contributed by atoms with E-state index in [0.717, 1.165) is 10.5 Å². The minimum Gasteiger partial charge on any atom is -0.480 e. The van der Waals surface area contributed by atoms with E-state index in [1.807, 2.05) is 19.2 Å². The van der Waals surface area contributed by atoms with Crippen LogP contribution in [0.1, 0.15) is 26.0 Å². The Morgan fingerprint density at radius 2 is 1.96 bits per heavy atom. The van der Waals surface area contributed by atoms with Crippen molar-refractivity contribution in [3.05, 3.63) is 39.3 Å². The van der Waals surface area contributed by atoms with Gasteiger partial charge in [-0.3, -0.25) is 4.90 Å². The highest BCUT2D eigenvalue weighted by atomic mass is 35.5. The highest BCUT2D eigenvalue weighted by molar-refractivity contribution is 7.13. The van der Waals surface area contributed by atoms with Gasteiger partial charge < -0.3 is 10.2 Å². The maximum Gasteiger partial charge on any atom is 0.408 e. The van der Waals surface area contributed by atoms with Crippen molar-refractivity contribution in [3.63, 3.8) is 0 Å². The fourth-order valence-electron chi connectivity index (χ4n) is 2.64. The fourth-order valence-corrected chi connectivity index (χ4v) is 4.08. The molecule has 0 saturated heterocycles. The van der Waals surface area contributed by atoms with Gasteiger partial charge in [-0.05, 0) is 30.5 Å². The molecular formula is C18H20Cl2N2O4S. The average molecular weight is 431 g/mol. The zero-order chi connectivity index (χ0) is 20.1. The van der Waals surface area contributed by atoms with E-state index in [1.165, 1.54) is 11.3 Å². The summed E-state index contributed by atoms with van der Waals surface area (Å²) < 4.78 is 0. The van der Waals surface area contributed by atoms with Crippen LogP contribution in [0.5, 0.6) is 0 Å². The molecule has 0 aliphatic carbocycles. The third-order valence-corrected chi connectivity index (χ3v) is 5.40. The normalized spacial score (nSPS) is 12.2. The summed E-state index contributed by atoms with van der Waals surface area (Å²) in [5.41, 5.74) is 1.43. The first-order chi connectivity index (χ1) is 12.7. The number of hydrogen-bond donors (Lipinski definition) is 2. The zero-order valence-corrected chi connectivity index (χ0v) is 17.2. The molecule has 1 atom stereocenters. The summed E-state index contributed by atoms with van der Waals surface area (Å²) in [6, 6.07) is 4.06. The number of rotatable bonds is 8. The van der Waals surface area contributed by atoms with Gasteiger partial charge in [0.05, 0.1) is 10.7 Å². The Hall–Kier alpha value is -1.83. The highest BCUT2D eigenvalue weighted by Gasteiger charge is 2.30. The summed E-state index contributed by atoms with van der Waals surface area (Å²) in [7, 11) is 0. The first-order valence-electron chi connectivity index (χ1n) is 8.31. The van der Waals surface area contributed by atoms with E-state index >= 15 is 0 Å². The first-order valence-corrected chi connectivity index (χ1v) is 9.94. The number of thiazole rings is 1. The number of carboxylic acids is 1. The van der Waals surface area contributed by atoms with E-state index in [-0.39, 0.29) is 18.9 Å². The Bertz CT molecular complexity index is 825. The van der Waals surface area contributed by atoms with Crippen molar-refractivity contribution in [2.75, 3.05) is 6.54 Å². The quantitative estimate of drug-likeness (QED) is 0.604. The molecule has 0 bridgehead atoms. The lowest BCUT2D eigenvalue weighted by Gasteiger charge is -2.27. The number of hydrogen-bond acceptors (Lipinski definition) is 4. The van der Waals surface area contributed by atoms with Crippen LogP contribution in [0.3, 0.4) is 0 Å². The van der Waals surface area contributed by atoms with Crippen LogP contribution < -0.4 is 0 Å². The average Bonchev–Trinajstić information content (AvgIpc) is 3.01. The van der Waals surface area contributed by atoms with Crippen LogP contribution in [0.4, 0.5) is 4.79 Å². The molecule has 146 valence electrons. The zero-order valence-electron chi connectivity index (χ0n) is 14.9. The predicted octanol–water partition coefficient (Wildman–Crippen LogP) is 5.14. The maximum absolute atomic E-state index is 11.6. The third kappa shape index (κ3) is 5.82. The summed E-state index contributed by atoms with van der Waals surface area (Å²) in [5.74, 6) is -1.08. The number of halogens is 2. The number of aromatic nitrogens is 1. The molecule has 0 radical (unpaired) electrons. The molecule has 0 aliphatic heterocycles. The van der Waals surface area contributed by atoms with E-state index in [0.29, 0.717) is 27.2 Å². The van der Waals surface area contributed by atoms with Crippen molar-refractivity contribution in [2.24, 2.45) is 5.92 Å². The number of amides is 1. The van der Waals surface area contributed by atoms with E-state index in [9.17, 15) is 19.8 Å². The van der Waals surface area contributed by atoms with Gasteiger partial charge in [-0.15, -0.1) is 11.3 Å². The molecule has 1 heterocycles. The molecule has 6 nitrogen and oxygen atoms in total. The van der Waals surface area contributed by atoms with Crippen molar-refractivity contribution in [1.82, 2.24) is 9.88 Å². The Labute approximate surface area is 171 Å². The lowest BCUT2D eigenvalue weighted by Crippen LogP contribution is -2.46. The summed E-state index contributed by atoms with van der Waals surface area (Å²) in [6.45, 7) is 3.77. The molecule has 0 fully saturated rings. The molecule has 2 N–H and O–H groups in total. The molecule has 0 aliphatic rings. The number of aliphatic carboxylic acids is 1. The second kappa shape index (κ2) is 9.39. The summed E-state index contributed by atoms with van der Waals surface area (Å²) >= 11 is 13.5. The van der Waals surface area contributed by atoms with Crippen LogP contribution in [0.25, 0.3) is 10.6 Å². The van der Waals surface area contributed by atoms with E-state index in [1.54, 1.807) is 18.2 Å². The molecule has 1 aromatic carbocycles. The highest BCUT2D eigenvalue weighted by Crippen LogP contribution is 2.32. The van der Waals surface area contributed by atoms with Crippen LogP contribution in [0.2, 0.25) is 10.0 Å². The number of benzene rings is 1. The minimum absolute atomic E-state index is 0.0521. The minimum atomic E-state index is -1.25. The fraction of sp³-hybridized carbons (Fsp3) is 0.389. The smallest absolute Gasteiger partial charge is 0.408 e. The van der Waals surface area contributed by atoms with Crippen molar-refractivity contribution < 1.29 is 19.8 Å². The molecule has 1 aromatic heterocycles. The topological polar surface area (TPSA) is 90.7 Å². The number of carboxylic acid groups (broad SMARTS) is 2. The van der Waals surface area contributed by atoms with Gasteiger partial charge in [0, 0.05) is 28.9 Å².